The minimum Gasteiger partial charge on any atom is -0.291 e. The van der Waals surface area contributed by atoms with Gasteiger partial charge in [-0.1, -0.05) is 23.9 Å². The normalized spacial score (nSPS) is 22.5. The molecule has 0 N–H and O–H groups in total. The molecule has 0 aliphatic carbocycles. The van der Waals surface area contributed by atoms with Gasteiger partial charge in [0.15, 0.2) is 9.84 Å². The lowest BCUT2D eigenvalue weighted by Gasteiger charge is -2.22. The van der Waals surface area contributed by atoms with E-state index in [4.69, 9.17) is 0 Å². The molecular formula is C15H19N3O2S2. The van der Waals surface area contributed by atoms with Crippen molar-refractivity contribution in [2.45, 2.75) is 29.5 Å². The quantitative estimate of drug-likeness (QED) is 0.849. The third kappa shape index (κ3) is 3.20. The average Bonchev–Trinajstić information content (AvgIpc) is 2.89. The minimum absolute atomic E-state index is 0.171. The summed E-state index contributed by atoms with van der Waals surface area (Å²) < 4.78 is 23.0. The van der Waals surface area contributed by atoms with Crippen LogP contribution >= 0.6 is 11.8 Å². The highest BCUT2D eigenvalue weighted by Gasteiger charge is 2.30. The first-order valence-corrected chi connectivity index (χ1v) is 10.0. The van der Waals surface area contributed by atoms with Crippen LogP contribution < -0.4 is 0 Å². The van der Waals surface area contributed by atoms with Gasteiger partial charge in [0.05, 0.1) is 4.90 Å². The van der Waals surface area contributed by atoms with Crippen LogP contribution in [0.25, 0.3) is 0 Å². The van der Waals surface area contributed by atoms with E-state index in [2.05, 4.69) is 10.1 Å². The molecule has 0 fully saturated rings. The van der Waals surface area contributed by atoms with Crippen molar-refractivity contribution in [3.05, 3.63) is 29.8 Å². The van der Waals surface area contributed by atoms with E-state index in [-0.39, 0.29) is 5.37 Å². The maximum atomic E-state index is 11.5. The molecule has 0 amide bonds. The Labute approximate surface area is 135 Å². The van der Waals surface area contributed by atoms with Crippen LogP contribution in [-0.2, 0) is 9.84 Å². The molecule has 1 aromatic carbocycles. The van der Waals surface area contributed by atoms with Crippen LogP contribution in [0.15, 0.2) is 39.3 Å². The molecule has 2 aliphatic heterocycles. The maximum Gasteiger partial charge on any atom is 0.175 e. The van der Waals surface area contributed by atoms with Gasteiger partial charge < -0.3 is 0 Å². The van der Waals surface area contributed by atoms with E-state index < -0.39 is 9.84 Å². The zero-order chi connectivity index (χ0) is 15.7. The minimum atomic E-state index is -3.16. The molecule has 0 spiro atoms. The number of benzene rings is 1. The smallest absolute Gasteiger partial charge is 0.175 e. The van der Waals surface area contributed by atoms with Crippen molar-refractivity contribution in [1.82, 2.24) is 5.01 Å². The third-order valence-electron chi connectivity index (χ3n) is 3.78. The fourth-order valence-corrected chi connectivity index (χ4v) is 4.39. The molecule has 0 saturated carbocycles. The molecule has 0 aromatic heterocycles. The molecular weight excluding hydrogens is 318 g/mol. The van der Waals surface area contributed by atoms with Gasteiger partial charge in [-0.2, -0.15) is 5.10 Å². The van der Waals surface area contributed by atoms with E-state index in [0.29, 0.717) is 4.90 Å². The SMILES string of the molecule is CN1N=C(c2ccc(S(C)(=O)=O)cc2)SC1C1=NCCCC1. The molecule has 2 aliphatic rings. The van der Waals surface area contributed by atoms with E-state index in [9.17, 15) is 8.42 Å². The first kappa shape index (κ1) is 15.6. The first-order valence-electron chi connectivity index (χ1n) is 7.27. The zero-order valence-electron chi connectivity index (χ0n) is 12.7. The lowest BCUT2D eigenvalue weighted by Crippen LogP contribution is -2.30. The van der Waals surface area contributed by atoms with Crippen LogP contribution in [0.3, 0.4) is 0 Å². The van der Waals surface area contributed by atoms with Crippen LogP contribution in [0, 0.1) is 0 Å². The number of aliphatic imine (C=N–C) groups is 1. The van der Waals surface area contributed by atoms with E-state index >= 15 is 0 Å². The van der Waals surface area contributed by atoms with Gasteiger partial charge in [0.25, 0.3) is 0 Å². The summed E-state index contributed by atoms with van der Waals surface area (Å²) in [4.78, 5) is 4.97. The topological polar surface area (TPSA) is 62.1 Å². The number of nitrogens with zero attached hydrogens (tertiary/aromatic N) is 3. The summed E-state index contributed by atoms with van der Waals surface area (Å²) in [6.45, 7) is 0.915. The van der Waals surface area contributed by atoms with Crippen LogP contribution in [0.5, 0.6) is 0 Å². The molecule has 118 valence electrons. The lowest BCUT2D eigenvalue weighted by molar-refractivity contribution is 0.387. The average molecular weight is 337 g/mol. The Balaban J connectivity index is 1.79. The number of hydrogen-bond acceptors (Lipinski definition) is 6. The van der Waals surface area contributed by atoms with Crippen molar-refractivity contribution in [2.24, 2.45) is 10.1 Å². The summed E-state index contributed by atoms with van der Waals surface area (Å²) in [6.07, 6.45) is 4.63. The molecule has 2 heterocycles. The second-order valence-corrected chi connectivity index (χ2v) is 8.66. The van der Waals surface area contributed by atoms with Gasteiger partial charge in [-0.05, 0) is 31.4 Å². The molecule has 1 unspecified atom stereocenters. The van der Waals surface area contributed by atoms with Crippen molar-refractivity contribution in [3.8, 4) is 0 Å². The van der Waals surface area contributed by atoms with Crippen molar-refractivity contribution in [3.63, 3.8) is 0 Å². The highest BCUT2D eigenvalue weighted by Crippen LogP contribution is 2.32. The fourth-order valence-electron chi connectivity index (χ4n) is 2.58. The van der Waals surface area contributed by atoms with Crippen molar-refractivity contribution >= 4 is 32.4 Å². The first-order chi connectivity index (χ1) is 10.4. The standard InChI is InChI=1S/C15H19N3O2S2/c1-18-15(13-5-3-4-10-16-13)21-14(17-18)11-6-8-12(9-7-11)22(2,19)20/h6-9,15H,3-5,10H2,1-2H3. The van der Waals surface area contributed by atoms with Crippen molar-refractivity contribution in [2.75, 3.05) is 19.8 Å². The number of thioether (sulfide) groups is 1. The number of hydrazone groups is 1. The van der Waals surface area contributed by atoms with E-state index in [0.717, 1.165) is 23.6 Å². The largest absolute Gasteiger partial charge is 0.291 e. The predicted octanol–water partition coefficient (Wildman–Crippen LogP) is 2.38. The highest BCUT2D eigenvalue weighted by atomic mass is 32.2. The van der Waals surface area contributed by atoms with Crippen LogP contribution in [-0.4, -0.2) is 49.4 Å². The summed E-state index contributed by atoms with van der Waals surface area (Å²) in [7, 11) is -1.19. The Bertz CT molecular complexity index is 724. The van der Waals surface area contributed by atoms with Gasteiger partial charge in [-0.3, -0.25) is 10.0 Å². The molecule has 5 nitrogen and oxygen atoms in total. The summed E-state index contributed by atoms with van der Waals surface area (Å²) in [5.74, 6) is 0. The Morgan fingerprint density at radius 3 is 2.55 bits per heavy atom. The summed E-state index contributed by atoms with van der Waals surface area (Å²) in [5.41, 5.74) is 2.16. The van der Waals surface area contributed by atoms with Crippen LogP contribution in [0.2, 0.25) is 0 Å². The monoisotopic (exact) mass is 337 g/mol. The van der Waals surface area contributed by atoms with Crippen LogP contribution in [0.4, 0.5) is 0 Å². The molecule has 3 rings (SSSR count). The molecule has 7 heteroatoms. The van der Waals surface area contributed by atoms with Gasteiger partial charge >= 0.3 is 0 Å². The highest BCUT2D eigenvalue weighted by molar-refractivity contribution is 8.15. The molecule has 22 heavy (non-hydrogen) atoms. The van der Waals surface area contributed by atoms with Gasteiger partial charge in [0.1, 0.15) is 10.4 Å². The van der Waals surface area contributed by atoms with Crippen molar-refractivity contribution in [1.29, 1.82) is 0 Å². The number of sulfone groups is 1. The van der Waals surface area contributed by atoms with E-state index in [1.165, 1.54) is 24.8 Å². The Kier molecular flexibility index (Phi) is 4.27. The van der Waals surface area contributed by atoms with Crippen molar-refractivity contribution < 1.29 is 8.42 Å². The third-order valence-corrected chi connectivity index (χ3v) is 6.25. The second kappa shape index (κ2) is 6.04. The molecule has 0 bridgehead atoms. The summed E-state index contributed by atoms with van der Waals surface area (Å²) >= 11 is 1.69. The molecule has 0 saturated heterocycles. The zero-order valence-corrected chi connectivity index (χ0v) is 14.3. The van der Waals surface area contributed by atoms with Gasteiger partial charge in [0.2, 0.25) is 0 Å². The molecule has 1 atom stereocenters. The summed E-state index contributed by atoms with van der Waals surface area (Å²) in [5, 5.41) is 7.63. The Morgan fingerprint density at radius 1 is 1.23 bits per heavy atom. The number of hydrogen-bond donors (Lipinski definition) is 0. The van der Waals surface area contributed by atoms with Gasteiger partial charge in [-0.15, -0.1) is 0 Å². The molecule has 0 radical (unpaired) electrons. The van der Waals surface area contributed by atoms with E-state index in [1.54, 1.807) is 23.9 Å². The fraction of sp³-hybridized carbons (Fsp3) is 0.467. The van der Waals surface area contributed by atoms with Gasteiger partial charge in [-0.25, -0.2) is 8.42 Å². The molecule has 1 aromatic rings. The lowest BCUT2D eigenvalue weighted by atomic mass is 10.1. The summed E-state index contributed by atoms with van der Waals surface area (Å²) in [6, 6.07) is 6.92. The van der Waals surface area contributed by atoms with E-state index in [1.807, 2.05) is 24.2 Å². The van der Waals surface area contributed by atoms with Gasteiger partial charge in [0, 0.05) is 31.1 Å². The Hall–Kier alpha value is -1.34. The van der Waals surface area contributed by atoms with Crippen LogP contribution in [0.1, 0.15) is 24.8 Å². The maximum absolute atomic E-state index is 11.5. The predicted molar refractivity (Wildman–Crippen MR) is 91.4 cm³/mol. The second-order valence-electron chi connectivity index (χ2n) is 5.58. The Morgan fingerprint density at radius 2 is 1.95 bits per heavy atom. The number of rotatable bonds is 3.